The van der Waals surface area contributed by atoms with Gasteiger partial charge in [-0.05, 0) is 144 Å². The SMILES string of the molecule is Cc1cc(NC(=O)[C@H](CCNC(=O)OC(C)(C)C)NC(=O)[C@@H]2Cc3ccccc3CN2)ccc1Cl.Cc1cc(NC(=O)[C@H](CCNC(=O)OC(C)(C)C)NC(=O)[C@@H]2Cc3ccccc3CN2C(=O)CCC(=O)O)ccc1Cl. The second-order valence-electron chi connectivity index (χ2n) is 20.8. The van der Waals surface area contributed by atoms with E-state index in [2.05, 4.69) is 37.2 Å². The van der Waals surface area contributed by atoms with Gasteiger partial charge in [-0.15, -0.1) is 0 Å². The quantitative estimate of drug-likeness (QED) is 0.0511. The van der Waals surface area contributed by atoms with Crippen LogP contribution in [-0.2, 0) is 64.2 Å². The number of anilines is 2. The van der Waals surface area contributed by atoms with E-state index in [0.29, 0.717) is 34.4 Å². The van der Waals surface area contributed by atoms with Crippen LogP contribution in [0.4, 0.5) is 21.0 Å². The summed E-state index contributed by atoms with van der Waals surface area (Å²) in [5.41, 5.74) is 5.27. The molecule has 2 aliphatic rings. The molecule has 8 N–H and O–H groups in total. The van der Waals surface area contributed by atoms with Crippen molar-refractivity contribution in [1.29, 1.82) is 0 Å². The number of fused-ring (bicyclic) bond motifs is 2. The Labute approximate surface area is 459 Å². The Morgan fingerprint density at radius 2 is 1.09 bits per heavy atom. The first-order chi connectivity index (χ1) is 36.2. The zero-order valence-corrected chi connectivity index (χ0v) is 46.2. The fourth-order valence-electron chi connectivity index (χ4n) is 8.26. The van der Waals surface area contributed by atoms with Gasteiger partial charge in [0, 0.05) is 60.4 Å². The van der Waals surface area contributed by atoms with Crippen molar-refractivity contribution >= 4 is 82.3 Å². The standard InChI is InChI=1S/C30H37ClN4O7.C26H33ClN4O4/c1-18-15-21(9-10-22(18)31)33-27(39)23(13-14-32-29(41)42-30(2,3)4)34-28(40)24-16-19-7-5-6-8-20(19)17-35(24)25(36)11-12-26(37)38;1-16-13-19(9-10-20(16)27)30-23(32)21(11-12-28-25(34)35-26(2,3)4)31-24(33)22-14-17-7-5-6-8-18(17)15-29-22/h5-10,15,23-24H,11-14,16-17H2,1-4H3,(H,32,41)(H,33,39)(H,34,40)(H,37,38);5-10,13,21-22,29H,11-12,14-15H2,1-4H3,(H,28,34)(H,30,32)(H,31,33)/t23-,24-;21-,22-/m00/s1. The van der Waals surface area contributed by atoms with Crippen molar-refractivity contribution in [1.82, 2.24) is 31.5 Å². The van der Waals surface area contributed by atoms with Crippen LogP contribution in [0.2, 0.25) is 10.0 Å². The molecule has 2 aliphatic heterocycles. The Balaban J connectivity index is 0.000000289. The summed E-state index contributed by atoms with van der Waals surface area (Å²) in [7, 11) is 0. The molecule has 0 saturated heterocycles. The zero-order chi connectivity index (χ0) is 56.6. The smallest absolute Gasteiger partial charge is 0.407 e. The molecule has 0 aliphatic carbocycles. The number of aryl methyl sites for hydroxylation is 2. The molecule has 77 heavy (non-hydrogen) atoms. The van der Waals surface area contributed by atoms with E-state index in [1.807, 2.05) is 55.5 Å². The van der Waals surface area contributed by atoms with E-state index < -0.39 is 71.2 Å². The largest absolute Gasteiger partial charge is 0.481 e. The maximum Gasteiger partial charge on any atom is 0.407 e. The van der Waals surface area contributed by atoms with Crippen molar-refractivity contribution < 1.29 is 52.9 Å². The Morgan fingerprint density at radius 1 is 0.636 bits per heavy atom. The number of nitrogens with one attached hydrogen (secondary N) is 7. The van der Waals surface area contributed by atoms with E-state index in [1.54, 1.807) is 84.9 Å². The van der Waals surface area contributed by atoms with Crippen molar-refractivity contribution in [2.45, 2.75) is 142 Å². The lowest BCUT2D eigenvalue weighted by Crippen LogP contribution is -2.56. The summed E-state index contributed by atoms with van der Waals surface area (Å²) in [4.78, 5) is 103. The normalized spacial score (nSPS) is 15.5. The number of amides is 7. The van der Waals surface area contributed by atoms with Gasteiger partial charge < -0.3 is 56.7 Å². The number of benzene rings is 4. The number of alkyl carbamates (subject to hydrolysis) is 2. The molecular weight excluding hydrogens is 1030 g/mol. The van der Waals surface area contributed by atoms with E-state index in [9.17, 15) is 38.4 Å². The molecule has 4 aromatic carbocycles. The molecule has 0 radical (unpaired) electrons. The van der Waals surface area contributed by atoms with Crippen LogP contribution in [0.25, 0.3) is 0 Å². The van der Waals surface area contributed by atoms with Crippen molar-refractivity contribution in [3.05, 3.63) is 128 Å². The van der Waals surface area contributed by atoms with Crippen LogP contribution in [0.1, 0.15) is 101 Å². The molecule has 0 saturated carbocycles. The lowest BCUT2D eigenvalue weighted by molar-refractivity contribution is -0.145. The molecule has 0 spiro atoms. The number of rotatable bonds is 17. The van der Waals surface area contributed by atoms with Gasteiger partial charge in [-0.3, -0.25) is 28.8 Å². The second kappa shape index (κ2) is 27.7. The van der Waals surface area contributed by atoms with Crippen LogP contribution in [0.15, 0.2) is 84.9 Å². The number of carbonyl (C=O) groups is 8. The van der Waals surface area contributed by atoms with Gasteiger partial charge in [-0.25, -0.2) is 9.59 Å². The predicted octanol–water partition coefficient (Wildman–Crippen LogP) is 7.51. The third kappa shape index (κ3) is 19.7. The molecule has 21 heteroatoms. The number of halogens is 2. The number of carbonyl (C=O) groups excluding carboxylic acids is 7. The first-order valence-electron chi connectivity index (χ1n) is 25.3. The number of carboxylic acid groups (broad SMARTS) is 1. The van der Waals surface area contributed by atoms with Gasteiger partial charge >= 0.3 is 18.2 Å². The molecule has 19 nitrogen and oxygen atoms in total. The fraction of sp³-hybridized carbons (Fsp3) is 0.429. The Morgan fingerprint density at radius 3 is 1.56 bits per heavy atom. The first kappa shape index (κ1) is 60.6. The summed E-state index contributed by atoms with van der Waals surface area (Å²) in [5.74, 6) is -3.36. The molecule has 6 rings (SSSR count). The summed E-state index contributed by atoms with van der Waals surface area (Å²) in [6.45, 7) is 15.0. The highest BCUT2D eigenvalue weighted by Gasteiger charge is 2.37. The average molecular weight is 1100 g/mol. The first-order valence-corrected chi connectivity index (χ1v) is 26.1. The molecule has 0 unspecified atom stereocenters. The molecule has 0 bridgehead atoms. The van der Waals surface area contributed by atoms with Crippen LogP contribution in [0.3, 0.4) is 0 Å². The summed E-state index contributed by atoms with van der Waals surface area (Å²) < 4.78 is 10.5. The lowest BCUT2D eigenvalue weighted by Gasteiger charge is -2.36. The van der Waals surface area contributed by atoms with Crippen molar-refractivity contribution in [2.75, 3.05) is 23.7 Å². The van der Waals surface area contributed by atoms with Gasteiger partial charge in [0.15, 0.2) is 0 Å². The average Bonchev–Trinajstić information content (AvgIpc) is 3.36. The maximum absolute atomic E-state index is 13.7. The third-order valence-corrected chi connectivity index (χ3v) is 13.0. The highest BCUT2D eigenvalue weighted by Crippen LogP contribution is 2.26. The minimum atomic E-state index is -1.12. The number of ether oxygens (including phenoxy) is 2. The van der Waals surface area contributed by atoms with Crippen LogP contribution in [-0.4, -0.2) is 106 Å². The molecular formula is C56H70Cl2N8O11. The van der Waals surface area contributed by atoms with E-state index in [-0.39, 0.29) is 63.6 Å². The van der Waals surface area contributed by atoms with E-state index >= 15 is 0 Å². The molecule has 0 fully saturated rings. The molecule has 2 heterocycles. The summed E-state index contributed by atoms with van der Waals surface area (Å²) in [6, 6.07) is 22.1. The number of nitrogens with zero attached hydrogens (tertiary/aromatic N) is 1. The van der Waals surface area contributed by atoms with E-state index in [1.165, 1.54) is 4.90 Å². The predicted molar refractivity (Wildman–Crippen MR) is 293 cm³/mol. The van der Waals surface area contributed by atoms with Crippen LogP contribution in [0, 0.1) is 13.8 Å². The molecule has 0 aromatic heterocycles. The Kier molecular flexibility index (Phi) is 21.8. The summed E-state index contributed by atoms with van der Waals surface area (Å²) in [6.07, 6.45) is -0.937. The van der Waals surface area contributed by atoms with Crippen molar-refractivity contribution in [3.63, 3.8) is 0 Å². The van der Waals surface area contributed by atoms with Crippen LogP contribution in [0.5, 0.6) is 0 Å². The highest BCUT2D eigenvalue weighted by atomic mass is 35.5. The van der Waals surface area contributed by atoms with Gasteiger partial charge in [0.05, 0.1) is 12.5 Å². The molecule has 414 valence electrons. The summed E-state index contributed by atoms with van der Waals surface area (Å²) >= 11 is 12.2. The highest BCUT2D eigenvalue weighted by molar-refractivity contribution is 6.31. The number of hydrogen-bond acceptors (Lipinski definition) is 11. The zero-order valence-electron chi connectivity index (χ0n) is 44.7. The fourth-order valence-corrected chi connectivity index (χ4v) is 8.50. The van der Waals surface area contributed by atoms with Gasteiger partial charge in [0.1, 0.15) is 29.3 Å². The molecule has 7 amide bonds. The number of carboxylic acids is 1. The number of aliphatic carboxylic acids is 1. The Hall–Kier alpha value is -7.22. The van der Waals surface area contributed by atoms with E-state index in [4.69, 9.17) is 37.8 Å². The second-order valence-corrected chi connectivity index (χ2v) is 21.6. The third-order valence-electron chi connectivity index (χ3n) is 12.1. The van der Waals surface area contributed by atoms with Crippen LogP contribution >= 0.6 is 23.2 Å². The van der Waals surface area contributed by atoms with Gasteiger partial charge in [0.2, 0.25) is 29.5 Å². The minimum absolute atomic E-state index is 0.0156. The maximum atomic E-state index is 13.7. The van der Waals surface area contributed by atoms with Gasteiger partial charge in [-0.1, -0.05) is 71.7 Å². The van der Waals surface area contributed by atoms with Crippen molar-refractivity contribution in [2.24, 2.45) is 0 Å². The van der Waals surface area contributed by atoms with Crippen LogP contribution < -0.4 is 37.2 Å². The number of hydrogen-bond donors (Lipinski definition) is 8. The summed E-state index contributed by atoms with van der Waals surface area (Å²) in [5, 5.41) is 29.9. The van der Waals surface area contributed by atoms with Gasteiger partial charge in [-0.2, -0.15) is 0 Å². The topological polar surface area (TPSA) is 263 Å². The van der Waals surface area contributed by atoms with E-state index in [0.717, 1.165) is 33.4 Å². The Bertz CT molecular complexity index is 2800. The molecule has 4 aromatic rings. The lowest BCUT2D eigenvalue weighted by atomic mass is 9.92. The van der Waals surface area contributed by atoms with Crippen molar-refractivity contribution in [3.8, 4) is 0 Å². The monoisotopic (exact) mass is 1100 g/mol. The van der Waals surface area contributed by atoms with Gasteiger partial charge in [0.25, 0.3) is 0 Å². The minimum Gasteiger partial charge on any atom is -0.481 e. The molecule has 4 atom stereocenters.